The molecule has 0 saturated heterocycles. The predicted octanol–water partition coefficient (Wildman–Crippen LogP) is 1.42. The lowest BCUT2D eigenvalue weighted by molar-refractivity contribution is 0.401. The maximum Gasteiger partial charge on any atom is 0.351 e. The van der Waals surface area contributed by atoms with E-state index in [4.69, 9.17) is 0 Å². The molecule has 1 unspecified atom stereocenters. The van der Waals surface area contributed by atoms with Crippen LogP contribution in [0.1, 0.15) is 41.5 Å². The van der Waals surface area contributed by atoms with Crippen molar-refractivity contribution in [3.05, 3.63) is 34.4 Å². The van der Waals surface area contributed by atoms with Gasteiger partial charge in [0.15, 0.2) is 0 Å². The van der Waals surface area contributed by atoms with Crippen molar-refractivity contribution in [3.8, 4) is 0 Å². The maximum absolute atomic E-state index is 11.9. The fourth-order valence-corrected chi connectivity index (χ4v) is 8.20. The molecule has 1 aromatic carbocycles. The second-order valence-electron chi connectivity index (χ2n) is 5.73. The highest BCUT2D eigenvalue weighted by atomic mass is 32.3. The molecule has 1 atom stereocenters. The molecule has 1 rings (SSSR count). The lowest BCUT2D eigenvalue weighted by Gasteiger charge is -2.34. The van der Waals surface area contributed by atoms with E-state index in [-0.39, 0.29) is 5.56 Å². The van der Waals surface area contributed by atoms with Gasteiger partial charge in [0.1, 0.15) is 0 Å². The van der Waals surface area contributed by atoms with Crippen LogP contribution in [-0.2, 0) is 30.4 Å². The third-order valence-electron chi connectivity index (χ3n) is 4.27. The van der Waals surface area contributed by atoms with Crippen LogP contribution in [0, 0.1) is 20.8 Å². The lowest BCUT2D eigenvalue weighted by atomic mass is 9.87. The van der Waals surface area contributed by atoms with Crippen molar-refractivity contribution in [3.63, 3.8) is 0 Å². The van der Waals surface area contributed by atoms with Gasteiger partial charge < -0.3 is 0 Å². The number of hydrogen-bond donors (Lipinski definition) is 3. The van der Waals surface area contributed by atoms with Gasteiger partial charge in [0.25, 0.3) is 0 Å². The molecule has 0 aromatic heterocycles. The highest BCUT2D eigenvalue weighted by Gasteiger charge is 2.70. The quantitative estimate of drug-likeness (QED) is 0.582. The van der Waals surface area contributed by atoms with Gasteiger partial charge >= 0.3 is 33.8 Å². The van der Waals surface area contributed by atoms with E-state index in [0.717, 1.165) is 0 Å². The van der Waals surface area contributed by atoms with Crippen LogP contribution < -0.4 is 0 Å². The van der Waals surface area contributed by atoms with E-state index < -0.39 is 46.1 Å². The first kappa shape index (κ1) is 22.0. The number of aryl methyl sites for hydroxylation is 2. The molecular weight excluding hydrogens is 396 g/mol. The van der Waals surface area contributed by atoms with Crippen molar-refractivity contribution in [1.29, 1.82) is 0 Å². The Kier molecular flexibility index (Phi) is 5.80. The molecule has 0 aliphatic heterocycles. The molecule has 144 valence electrons. The molecule has 0 aliphatic carbocycles. The summed E-state index contributed by atoms with van der Waals surface area (Å²) in [5.74, 6) is -1.98. The molecule has 1 aromatic rings. The summed E-state index contributed by atoms with van der Waals surface area (Å²) in [5, 5.41) is 0. The largest absolute Gasteiger partial charge is 0.351 e. The van der Waals surface area contributed by atoms with E-state index in [9.17, 15) is 38.9 Å². The minimum Gasteiger partial charge on any atom is -0.283 e. The summed E-state index contributed by atoms with van der Waals surface area (Å²) in [6.45, 7) is 5.87. The van der Waals surface area contributed by atoms with Crippen LogP contribution in [0.5, 0.6) is 0 Å². The average Bonchev–Trinajstić information content (AvgIpc) is 2.37. The molecule has 25 heavy (non-hydrogen) atoms. The van der Waals surface area contributed by atoms with Crippen LogP contribution in [0.2, 0.25) is 0 Å². The van der Waals surface area contributed by atoms with E-state index in [2.05, 4.69) is 0 Å². The molecular formula is C13H20O9S3. The summed E-state index contributed by atoms with van der Waals surface area (Å²) in [7, 11) is -18.1. The molecule has 0 radical (unpaired) electrons. The summed E-state index contributed by atoms with van der Waals surface area (Å²) >= 11 is 0. The van der Waals surface area contributed by atoms with Crippen molar-refractivity contribution >= 4 is 30.4 Å². The first-order valence-electron chi connectivity index (χ1n) is 7.01. The van der Waals surface area contributed by atoms with Gasteiger partial charge in [-0.05, 0) is 49.4 Å². The zero-order valence-electron chi connectivity index (χ0n) is 14.0. The number of rotatable bonds is 6. The van der Waals surface area contributed by atoms with Gasteiger partial charge in [-0.3, -0.25) is 13.7 Å². The first-order chi connectivity index (χ1) is 11.0. The monoisotopic (exact) mass is 416 g/mol. The fraction of sp³-hybridized carbons (Fsp3) is 0.538. The van der Waals surface area contributed by atoms with Crippen LogP contribution in [0.25, 0.3) is 0 Å². The Balaban J connectivity index is 4.25. The molecule has 0 saturated carbocycles. The molecule has 0 bridgehead atoms. The Labute approximate surface area is 147 Å². The van der Waals surface area contributed by atoms with Gasteiger partial charge in [0.05, 0.1) is 0 Å². The maximum atomic E-state index is 11.9. The fourth-order valence-electron chi connectivity index (χ4n) is 3.08. The second kappa shape index (κ2) is 6.59. The first-order valence-corrected chi connectivity index (χ1v) is 11.3. The zero-order chi connectivity index (χ0) is 20.0. The molecule has 0 fully saturated rings. The summed E-state index contributed by atoms with van der Waals surface area (Å²) in [6, 6.07) is 3.15. The number of benzene rings is 1. The predicted molar refractivity (Wildman–Crippen MR) is 91.1 cm³/mol. The van der Waals surface area contributed by atoms with Gasteiger partial charge in [-0.2, -0.15) is 25.3 Å². The third kappa shape index (κ3) is 3.34. The highest BCUT2D eigenvalue weighted by molar-refractivity contribution is 8.21. The van der Waals surface area contributed by atoms with Crippen molar-refractivity contribution in [2.24, 2.45) is 0 Å². The van der Waals surface area contributed by atoms with E-state index in [1.54, 1.807) is 13.0 Å². The van der Waals surface area contributed by atoms with Gasteiger partial charge in [-0.1, -0.05) is 19.1 Å². The van der Waals surface area contributed by atoms with Gasteiger partial charge in [-0.15, -0.1) is 0 Å². The average molecular weight is 416 g/mol. The van der Waals surface area contributed by atoms with E-state index in [0.29, 0.717) is 16.7 Å². The van der Waals surface area contributed by atoms with Gasteiger partial charge in [0, 0.05) is 5.92 Å². The highest BCUT2D eigenvalue weighted by Crippen LogP contribution is 2.46. The molecule has 12 heteroatoms. The van der Waals surface area contributed by atoms with E-state index in [1.165, 1.54) is 26.8 Å². The van der Waals surface area contributed by atoms with Crippen LogP contribution in [0.15, 0.2) is 12.1 Å². The second-order valence-corrected chi connectivity index (χ2v) is 11.3. The Hall–Kier alpha value is -1.05. The van der Waals surface area contributed by atoms with Crippen LogP contribution in [0.3, 0.4) is 0 Å². The topological polar surface area (TPSA) is 163 Å². The third-order valence-corrected chi connectivity index (χ3v) is 11.1. The smallest absolute Gasteiger partial charge is 0.283 e. The summed E-state index contributed by atoms with van der Waals surface area (Å²) in [5.41, 5.74) is 1.27. The van der Waals surface area contributed by atoms with Gasteiger partial charge in [-0.25, -0.2) is 0 Å². The molecule has 0 heterocycles. The molecule has 3 N–H and O–H groups in total. The normalized spacial score (nSPS) is 15.2. The minimum absolute atomic E-state index is 0.0182. The Bertz CT molecular complexity index is 911. The summed E-state index contributed by atoms with van der Waals surface area (Å²) < 4.78 is 95.7. The van der Waals surface area contributed by atoms with Crippen LogP contribution >= 0.6 is 0 Å². The standard InChI is InChI=1S/C13H20O9S3/c1-5-11(12-9(3)7-6-8(2)10(12)4)13(23(14,15)16,24(17,18)19)25(20,21)22/h6-7,11H,5H2,1-4H3,(H,14,15,16)(H,17,18,19)(H,20,21,22). The van der Waals surface area contributed by atoms with Crippen molar-refractivity contribution < 1.29 is 38.9 Å². The van der Waals surface area contributed by atoms with E-state index >= 15 is 0 Å². The van der Waals surface area contributed by atoms with Crippen molar-refractivity contribution in [2.45, 2.75) is 43.4 Å². The summed E-state index contributed by atoms with van der Waals surface area (Å²) in [6.07, 6.45) is -0.440. The van der Waals surface area contributed by atoms with Crippen LogP contribution in [0.4, 0.5) is 0 Å². The number of hydrogen-bond acceptors (Lipinski definition) is 6. The molecule has 0 spiro atoms. The molecule has 0 amide bonds. The van der Waals surface area contributed by atoms with Crippen LogP contribution in [-0.4, -0.2) is 42.3 Å². The minimum atomic E-state index is -6.02. The van der Waals surface area contributed by atoms with Crippen molar-refractivity contribution in [2.75, 3.05) is 0 Å². The molecule has 9 nitrogen and oxygen atoms in total. The molecule has 0 aliphatic rings. The van der Waals surface area contributed by atoms with E-state index in [1.807, 2.05) is 0 Å². The zero-order valence-corrected chi connectivity index (χ0v) is 16.4. The SMILES string of the molecule is CCC(c1c(C)ccc(C)c1C)C(S(=O)(=O)O)(S(=O)(=O)O)S(=O)(=O)O. The van der Waals surface area contributed by atoms with Gasteiger partial charge in [0.2, 0.25) is 0 Å². The Morgan fingerprint density at radius 2 is 1.20 bits per heavy atom. The summed E-state index contributed by atoms with van der Waals surface area (Å²) in [4.78, 5) is 0. The lowest BCUT2D eigenvalue weighted by Crippen LogP contribution is -2.56. The Morgan fingerprint density at radius 1 is 0.840 bits per heavy atom. The van der Waals surface area contributed by atoms with Crippen molar-refractivity contribution in [1.82, 2.24) is 0 Å². The Morgan fingerprint density at radius 3 is 1.52 bits per heavy atom.